The van der Waals surface area contributed by atoms with Gasteiger partial charge in [0, 0.05) is 6.20 Å². The molecule has 2 heterocycles. The molecule has 0 aliphatic carbocycles. The van der Waals surface area contributed by atoms with Crippen molar-refractivity contribution < 1.29 is 0 Å². The molecule has 0 spiro atoms. The van der Waals surface area contributed by atoms with Crippen molar-refractivity contribution in [1.29, 1.82) is 0 Å². The molecule has 3 heteroatoms. The summed E-state index contributed by atoms with van der Waals surface area (Å²) in [6.07, 6.45) is 7.00. The second-order valence-electron chi connectivity index (χ2n) is 2.48. The first-order valence-electron chi connectivity index (χ1n) is 3.60. The zero-order valence-electron chi connectivity index (χ0n) is 6.65. The molecular formula is C9H7N3. The fourth-order valence-corrected chi connectivity index (χ4v) is 1.16. The number of fused-ring (bicyclic) bond motifs is 1. The van der Waals surface area contributed by atoms with Crippen molar-refractivity contribution in [1.82, 2.24) is 14.6 Å². The highest BCUT2D eigenvalue weighted by molar-refractivity contribution is 5.45. The number of rotatable bonds is 0. The minimum Gasteiger partial charge on any atom is -0.231 e. The summed E-state index contributed by atoms with van der Waals surface area (Å²) >= 11 is 0. The van der Waals surface area contributed by atoms with Gasteiger partial charge in [0.05, 0.1) is 5.69 Å². The minimum absolute atomic E-state index is 0.727. The fourth-order valence-electron chi connectivity index (χ4n) is 1.16. The van der Waals surface area contributed by atoms with E-state index in [1.54, 1.807) is 10.7 Å². The monoisotopic (exact) mass is 157 g/mol. The van der Waals surface area contributed by atoms with Crippen LogP contribution in [-0.4, -0.2) is 14.6 Å². The van der Waals surface area contributed by atoms with Gasteiger partial charge in [-0.1, -0.05) is 0 Å². The van der Waals surface area contributed by atoms with Crippen LogP contribution >= 0.6 is 0 Å². The molecule has 0 unspecified atom stereocenters. The Morgan fingerprint density at radius 1 is 1.58 bits per heavy atom. The van der Waals surface area contributed by atoms with E-state index in [2.05, 4.69) is 16.0 Å². The van der Waals surface area contributed by atoms with Gasteiger partial charge < -0.3 is 0 Å². The van der Waals surface area contributed by atoms with E-state index < -0.39 is 0 Å². The molecule has 0 amide bonds. The Morgan fingerprint density at radius 2 is 2.42 bits per heavy atom. The lowest BCUT2D eigenvalue weighted by atomic mass is 10.4. The molecule has 2 aromatic heterocycles. The van der Waals surface area contributed by atoms with Gasteiger partial charge in [-0.25, -0.2) is 9.50 Å². The Balaban J connectivity index is 2.93. The third kappa shape index (κ3) is 0.785. The highest BCUT2D eigenvalue weighted by Crippen LogP contribution is 2.07. The molecule has 0 aromatic carbocycles. The van der Waals surface area contributed by atoms with Crippen molar-refractivity contribution in [2.45, 2.75) is 6.92 Å². The summed E-state index contributed by atoms with van der Waals surface area (Å²) in [5, 5.41) is 4.08. The van der Waals surface area contributed by atoms with Gasteiger partial charge in [0.25, 0.3) is 0 Å². The average Bonchev–Trinajstić information content (AvgIpc) is 2.40. The molecule has 12 heavy (non-hydrogen) atoms. The first-order valence-corrected chi connectivity index (χ1v) is 3.60. The predicted molar refractivity (Wildman–Crippen MR) is 45.7 cm³/mol. The van der Waals surface area contributed by atoms with Gasteiger partial charge in [0.1, 0.15) is 5.69 Å². The van der Waals surface area contributed by atoms with E-state index in [1.165, 1.54) is 0 Å². The molecule has 0 aliphatic rings. The van der Waals surface area contributed by atoms with Crippen LogP contribution in [-0.2, 0) is 0 Å². The smallest absolute Gasteiger partial charge is 0.155 e. The Hall–Kier alpha value is -1.82. The SMILES string of the molecule is C#Cc1c(C)nc2cccnn12. The van der Waals surface area contributed by atoms with Crippen molar-refractivity contribution >= 4 is 5.65 Å². The van der Waals surface area contributed by atoms with Crippen LogP contribution < -0.4 is 0 Å². The molecule has 58 valence electrons. The van der Waals surface area contributed by atoms with Crippen LogP contribution in [0.1, 0.15) is 11.4 Å². The van der Waals surface area contributed by atoms with Crippen molar-refractivity contribution in [3.05, 3.63) is 29.7 Å². The minimum atomic E-state index is 0.727. The summed E-state index contributed by atoms with van der Waals surface area (Å²) in [5.41, 5.74) is 2.37. The maximum Gasteiger partial charge on any atom is 0.155 e. The summed E-state index contributed by atoms with van der Waals surface area (Å²) in [6.45, 7) is 1.88. The number of terminal acetylenes is 1. The number of aromatic nitrogens is 3. The molecule has 0 saturated heterocycles. The summed E-state index contributed by atoms with van der Waals surface area (Å²) in [6, 6.07) is 3.71. The Kier molecular flexibility index (Phi) is 1.34. The van der Waals surface area contributed by atoms with Crippen molar-refractivity contribution in [2.24, 2.45) is 0 Å². The molecule has 0 aliphatic heterocycles. The van der Waals surface area contributed by atoms with Crippen molar-refractivity contribution in [3.8, 4) is 12.3 Å². The summed E-state index contributed by atoms with van der Waals surface area (Å²) < 4.78 is 1.66. The van der Waals surface area contributed by atoms with Gasteiger partial charge >= 0.3 is 0 Å². The van der Waals surface area contributed by atoms with E-state index in [4.69, 9.17) is 6.42 Å². The van der Waals surface area contributed by atoms with E-state index >= 15 is 0 Å². The van der Waals surface area contributed by atoms with Gasteiger partial charge in [-0.3, -0.25) is 0 Å². The standard InChI is InChI=1S/C9H7N3/c1-3-8-7(2)11-9-5-4-6-10-12(8)9/h1,4-6H,2H3. The normalized spacial score (nSPS) is 10.0. The Bertz CT molecular complexity index is 462. The second kappa shape index (κ2) is 2.35. The maximum atomic E-state index is 5.31. The summed E-state index contributed by atoms with van der Waals surface area (Å²) in [7, 11) is 0. The molecular weight excluding hydrogens is 150 g/mol. The molecule has 0 saturated carbocycles. The molecule has 2 aromatic rings. The lowest BCUT2D eigenvalue weighted by Gasteiger charge is -1.90. The van der Waals surface area contributed by atoms with E-state index in [-0.39, 0.29) is 0 Å². The highest BCUT2D eigenvalue weighted by Gasteiger charge is 2.04. The number of hydrogen-bond acceptors (Lipinski definition) is 2. The van der Waals surface area contributed by atoms with Crippen molar-refractivity contribution in [3.63, 3.8) is 0 Å². The second-order valence-corrected chi connectivity index (χ2v) is 2.48. The van der Waals surface area contributed by atoms with Crippen molar-refractivity contribution in [2.75, 3.05) is 0 Å². The van der Waals surface area contributed by atoms with Crippen LogP contribution in [0.4, 0.5) is 0 Å². The summed E-state index contributed by atoms with van der Waals surface area (Å²) in [4.78, 5) is 4.24. The molecule has 0 atom stereocenters. The lowest BCUT2D eigenvalue weighted by Crippen LogP contribution is -1.92. The maximum absolute atomic E-state index is 5.31. The van der Waals surface area contributed by atoms with Crippen LogP contribution in [0.5, 0.6) is 0 Å². The third-order valence-electron chi connectivity index (χ3n) is 1.70. The van der Waals surface area contributed by atoms with Crippen LogP contribution in [0.3, 0.4) is 0 Å². The quantitative estimate of drug-likeness (QED) is 0.534. The topological polar surface area (TPSA) is 30.2 Å². The first-order chi connectivity index (χ1) is 5.83. The van der Waals surface area contributed by atoms with Gasteiger partial charge in [0.15, 0.2) is 5.65 Å². The molecule has 3 nitrogen and oxygen atoms in total. The number of imidazole rings is 1. The van der Waals surface area contributed by atoms with E-state index in [1.807, 2.05) is 19.1 Å². The van der Waals surface area contributed by atoms with E-state index in [0.29, 0.717) is 0 Å². The average molecular weight is 157 g/mol. The van der Waals surface area contributed by atoms with Gasteiger partial charge in [-0.15, -0.1) is 6.42 Å². The number of nitrogens with zero attached hydrogens (tertiary/aromatic N) is 3. The van der Waals surface area contributed by atoms with Gasteiger partial charge in [-0.2, -0.15) is 5.10 Å². The number of aryl methyl sites for hydroxylation is 1. The Morgan fingerprint density at radius 3 is 3.17 bits per heavy atom. The highest BCUT2D eigenvalue weighted by atomic mass is 15.3. The van der Waals surface area contributed by atoms with Crippen LogP contribution in [0.2, 0.25) is 0 Å². The van der Waals surface area contributed by atoms with Gasteiger partial charge in [-0.05, 0) is 25.0 Å². The number of hydrogen-bond donors (Lipinski definition) is 0. The molecule has 0 radical (unpaired) electrons. The zero-order chi connectivity index (χ0) is 8.55. The zero-order valence-corrected chi connectivity index (χ0v) is 6.65. The molecule has 0 N–H and O–H groups in total. The van der Waals surface area contributed by atoms with Gasteiger partial charge in [0.2, 0.25) is 0 Å². The fraction of sp³-hybridized carbons (Fsp3) is 0.111. The Labute approximate surface area is 70.1 Å². The molecule has 0 bridgehead atoms. The largest absolute Gasteiger partial charge is 0.231 e. The third-order valence-corrected chi connectivity index (χ3v) is 1.70. The summed E-state index contributed by atoms with van der Waals surface area (Å²) in [5.74, 6) is 2.56. The lowest BCUT2D eigenvalue weighted by molar-refractivity contribution is 0.921. The van der Waals surface area contributed by atoms with E-state index in [9.17, 15) is 0 Å². The van der Waals surface area contributed by atoms with Crippen LogP contribution in [0.25, 0.3) is 5.65 Å². The predicted octanol–water partition coefficient (Wildman–Crippen LogP) is 1.02. The van der Waals surface area contributed by atoms with Crippen LogP contribution in [0, 0.1) is 19.3 Å². The molecule has 0 fully saturated rings. The first kappa shape index (κ1) is 6.86. The molecule has 2 rings (SSSR count). The van der Waals surface area contributed by atoms with Crippen LogP contribution in [0.15, 0.2) is 18.3 Å². The van der Waals surface area contributed by atoms with E-state index in [0.717, 1.165) is 17.0 Å².